The fraction of sp³-hybridized carbons (Fsp3) is 0.545. The number of carbonyl (C=O) groups excluding carboxylic acids is 1. The Kier molecular flexibility index (Phi) is 3.16. The van der Waals surface area contributed by atoms with E-state index in [0.29, 0.717) is 0 Å². The normalized spacial score (nSPS) is 18.3. The van der Waals surface area contributed by atoms with Crippen LogP contribution >= 0.6 is 27.3 Å². The molecule has 1 heterocycles. The fourth-order valence-electron chi connectivity index (χ4n) is 1.75. The molecule has 4 heteroatoms. The monoisotopic (exact) mass is 287 g/mol. The van der Waals surface area contributed by atoms with Gasteiger partial charge in [-0.2, -0.15) is 0 Å². The van der Waals surface area contributed by atoms with Crippen molar-refractivity contribution in [3.63, 3.8) is 0 Å². The molecule has 1 fully saturated rings. The van der Waals surface area contributed by atoms with Crippen molar-refractivity contribution in [2.24, 2.45) is 0 Å². The van der Waals surface area contributed by atoms with E-state index in [1.807, 2.05) is 19.1 Å². The van der Waals surface area contributed by atoms with Gasteiger partial charge in [-0.1, -0.05) is 15.9 Å². The van der Waals surface area contributed by atoms with E-state index < -0.39 is 0 Å². The van der Waals surface area contributed by atoms with E-state index in [4.69, 9.17) is 0 Å². The first-order valence-electron chi connectivity index (χ1n) is 5.10. The first-order chi connectivity index (χ1) is 7.15. The maximum Gasteiger partial charge on any atom is 0.261 e. The Morgan fingerprint density at radius 2 is 2.33 bits per heavy atom. The molecule has 2 rings (SSSR count). The lowest BCUT2D eigenvalue weighted by Gasteiger charge is -2.41. The van der Waals surface area contributed by atoms with Gasteiger partial charge in [0.15, 0.2) is 0 Å². The van der Waals surface area contributed by atoms with Crippen LogP contribution in [-0.4, -0.2) is 16.8 Å². The van der Waals surface area contributed by atoms with Gasteiger partial charge in [0.2, 0.25) is 0 Å². The minimum Gasteiger partial charge on any atom is -0.345 e. The Labute approximate surface area is 102 Å². The molecule has 1 aliphatic rings. The van der Waals surface area contributed by atoms with Gasteiger partial charge in [0.05, 0.1) is 10.4 Å². The standard InChI is InChI=1S/C11H14BrNOS/c1-8-3-4-9(15-8)10(14)13-11(7-12)5-2-6-11/h3-4H,2,5-7H2,1H3,(H,13,14). The number of hydrogen-bond acceptors (Lipinski definition) is 2. The van der Waals surface area contributed by atoms with Gasteiger partial charge in [0.25, 0.3) is 5.91 Å². The molecular weight excluding hydrogens is 274 g/mol. The van der Waals surface area contributed by atoms with Crippen LogP contribution in [0.4, 0.5) is 0 Å². The predicted octanol–water partition coefficient (Wildman–Crippen LogP) is 3.10. The van der Waals surface area contributed by atoms with Crippen molar-refractivity contribution in [3.05, 3.63) is 21.9 Å². The van der Waals surface area contributed by atoms with Crippen molar-refractivity contribution in [1.82, 2.24) is 5.32 Å². The first-order valence-corrected chi connectivity index (χ1v) is 7.04. The summed E-state index contributed by atoms with van der Waals surface area (Å²) in [5, 5.41) is 3.99. The van der Waals surface area contributed by atoms with Crippen LogP contribution in [0.15, 0.2) is 12.1 Å². The summed E-state index contributed by atoms with van der Waals surface area (Å²) < 4.78 is 0. The van der Waals surface area contributed by atoms with Crippen molar-refractivity contribution < 1.29 is 4.79 Å². The van der Waals surface area contributed by atoms with E-state index in [-0.39, 0.29) is 11.4 Å². The zero-order valence-corrected chi connectivity index (χ0v) is 11.1. The van der Waals surface area contributed by atoms with Crippen LogP contribution in [0.3, 0.4) is 0 Å². The lowest BCUT2D eigenvalue weighted by atomic mass is 9.78. The van der Waals surface area contributed by atoms with Crippen LogP contribution in [0.25, 0.3) is 0 Å². The molecule has 0 unspecified atom stereocenters. The quantitative estimate of drug-likeness (QED) is 0.851. The Balaban J connectivity index is 2.03. The molecule has 1 saturated carbocycles. The molecule has 2 nitrogen and oxygen atoms in total. The second-order valence-electron chi connectivity index (χ2n) is 4.13. The number of alkyl halides is 1. The summed E-state index contributed by atoms with van der Waals surface area (Å²) in [6, 6.07) is 3.89. The summed E-state index contributed by atoms with van der Waals surface area (Å²) in [6.07, 6.45) is 3.40. The van der Waals surface area contributed by atoms with Crippen LogP contribution in [0.1, 0.15) is 33.8 Å². The van der Waals surface area contributed by atoms with Crippen LogP contribution < -0.4 is 5.32 Å². The summed E-state index contributed by atoms with van der Waals surface area (Å²) in [5.41, 5.74) is 0.0228. The van der Waals surface area contributed by atoms with E-state index in [0.717, 1.165) is 23.0 Å². The lowest BCUT2D eigenvalue weighted by Crippen LogP contribution is -2.54. The lowest BCUT2D eigenvalue weighted by molar-refractivity contribution is 0.0861. The Morgan fingerprint density at radius 1 is 1.60 bits per heavy atom. The number of halogens is 1. The predicted molar refractivity (Wildman–Crippen MR) is 66.9 cm³/mol. The molecule has 1 aromatic heterocycles. The molecular formula is C11H14BrNOS. The molecule has 0 aromatic carbocycles. The highest BCUT2D eigenvalue weighted by molar-refractivity contribution is 9.09. The third kappa shape index (κ3) is 2.26. The minimum absolute atomic E-state index is 0.0228. The Bertz CT molecular complexity index is 365. The van der Waals surface area contributed by atoms with Crippen molar-refractivity contribution in [2.45, 2.75) is 31.7 Å². The summed E-state index contributed by atoms with van der Waals surface area (Å²) in [5.74, 6) is 0.0762. The van der Waals surface area contributed by atoms with Crippen molar-refractivity contribution in [2.75, 3.05) is 5.33 Å². The van der Waals surface area contributed by atoms with Gasteiger partial charge < -0.3 is 5.32 Å². The van der Waals surface area contributed by atoms with E-state index in [1.54, 1.807) is 11.3 Å². The molecule has 0 spiro atoms. The van der Waals surface area contributed by atoms with Gasteiger partial charge in [0, 0.05) is 10.2 Å². The summed E-state index contributed by atoms with van der Waals surface area (Å²) >= 11 is 5.03. The van der Waals surface area contributed by atoms with E-state index in [9.17, 15) is 4.79 Å². The highest BCUT2D eigenvalue weighted by atomic mass is 79.9. The third-order valence-electron chi connectivity index (χ3n) is 2.91. The molecule has 1 N–H and O–H groups in total. The summed E-state index contributed by atoms with van der Waals surface area (Å²) in [6.45, 7) is 2.02. The molecule has 1 aromatic rings. The molecule has 0 radical (unpaired) electrons. The smallest absolute Gasteiger partial charge is 0.261 e. The topological polar surface area (TPSA) is 29.1 Å². The average Bonchev–Trinajstić information content (AvgIpc) is 2.58. The maximum absolute atomic E-state index is 11.9. The number of thiophene rings is 1. The SMILES string of the molecule is Cc1ccc(C(=O)NC2(CBr)CCC2)s1. The Hall–Kier alpha value is -0.350. The number of nitrogens with one attached hydrogen (secondary N) is 1. The average molecular weight is 288 g/mol. The molecule has 0 aliphatic heterocycles. The van der Waals surface area contributed by atoms with E-state index in [2.05, 4.69) is 21.2 Å². The van der Waals surface area contributed by atoms with Gasteiger partial charge in [0.1, 0.15) is 0 Å². The number of hydrogen-bond donors (Lipinski definition) is 1. The van der Waals surface area contributed by atoms with Gasteiger partial charge in [-0.15, -0.1) is 11.3 Å². The highest BCUT2D eigenvalue weighted by Crippen LogP contribution is 2.33. The highest BCUT2D eigenvalue weighted by Gasteiger charge is 2.37. The van der Waals surface area contributed by atoms with Crippen molar-refractivity contribution >= 4 is 33.2 Å². The van der Waals surface area contributed by atoms with Crippen LogP contribution in [0.2, 0.25) is 0 Å². The van der Waals surface area contributed by atoms with E-state index >= 15 is 0 Å². The fourth-order valence-corrected chi connectivity index (χ4v) is 3.22. The Morgan fingerprint density at radius 3 is 2.73 bits per heavy atom. The number of amides is 1. The zero-order chi connectivity index (χ0) is 10.9. The number of carbonyl (C=O) groups is 1. The number of aryl methyl sites for hydroxylation is 1. The first kappa shape index (κ1) is 11.1. The molecule has 1 aliphatic carbocycles. The van der Waals surface area contributed by atoms with Gasteiger partial charge in [-0.25, -0.2) is 0 Å². The van der Waals surface area contributed by atoms with Gasteiger partial charge in [-0.3, -0.25) is 4.79 Å². The van der Waals surface area contributed by atoms with Crippen LogP contribution in [-0.2, 0) is 0 Å². The molecule has 0 atom stereocenters. The second-order valence-corrected chi connectivity index (χ2v) is 5.98. The molecule has 1 amide bonds. The third-order valence-corrected chi connectivity index (χ3v) is 4.98. The second kappa shape index (κ2) is 4.26. The zero-order valence-electron chi connectivity index (χ0n) is 8.68. The summed E-state index contributed by atoms with van der Waals surface area (Å²) in [7, 11) is 0. The molecule has 15 heavy (non-hydrogen) atoms. The molecule has 0 bridgehead atoms. The minimum atomic E-state index is 0.0228. The summed E-state index contributed by atoms with van der Waals surface area (Å²) in [4.78, 5) is 13.9. The number of rotatable bonds is 3. The maximum atomic E-state index is 11.9. The van der Waals surface area contributed by atoms with Gasteiger partial charge >= 0.3 is 0 Å². The van der Waals surface area contributed by atoms with Crippen LogP contribution in [0, 0.1) is 6.92 Å². The largest absolute Gasteiger partial charge is 0.345 e. The molecule has 0 saturated heterocycles. The van der Waals surface area contributed by atoms with E-state index in [1.165, 1.54) is 11.3 Å². The van der Waals surface area contributed by atoms with Crippen molar-refractivity contribution in [1.29, 1.82) is 0 Å². The molecule has 82 valence electrons. The van der Waals surface area contributed by atoms with Crippen molar-refractivity contribution in [3.8, 4) is 0 Å². The van der Waals surface area contributed by atoms with Gasteiger partial charge in [-0.05, 0) is 38.3 Å². The van der Waals surface area contributed by atoms with Crippen LogP contribution in [0.5, 0.6) is 0 Å².